The van der Waals surface area contributed by atoms with Gasteiger partial charge in [0, 0.05) is 19.3 Å². The van der Waals surface area contributed by atoms with Gasteiger partial charge in [-0.05, 0) is 20.8 Å². The molecule has 18 heavy (non-hydrogen) atoms. The van der Waals surface area contributed by atoms with Crippen molar-refractivity contribution in [3.8, 4) is 0 Å². The van der Waals surface area contributed by atoms with Crippen molar-refractivity contribution in [2.24, 2.45) is 0 Å². The third-order valence-corrected chi connectivity index (χ3v) is 2.21. The fraction of sp³-hybridized carbons (Fsp3) is 0.750. The molecular weight excluding hydrogens is 234 g/mol. The van der Waals surface area contributed by atoms with E-state index in [1.807, 2.05) is 0 Å². The lowest BCUT2D eigenvalue weighted by Crippen LogP contribution is -2.18. The van der Waals surface area contributed by atoms with E-state index in [4.69, 9.17) is 0 Å². The smallest absolute Gasteiger partial charge is 0.135 e. The van der Waals surface area contributed by atoms with Crippen LogP contribution in [0.25, 0.3) is 0 Å². The number of nitrogens with zero attached hydrogens (tertiary/aromatic N) is 3. The van der Waals surface area contributed by atoms with Gasteiger partial charge in [-0.25, -0.2) is 15.0 Å². The second-order valence-electron chi connectivity index (χ2n) is 4.74. The highest BCUT2D eigenvalue weighted by atomic mass is 16.3. The topological polar surface area (TPSA) is 99.4 Å². The minimum Gasteiger partial charge on any atom is -0.393 e. The predicted octanol–water partition coefficient (Wildman–Crippen LogP) is -0.359. The summed E-state index contributed by atoms with van der Waals surface area (Å²) in [6.45, 7) is 4.98. The molecule has 0 aliphatic rings. The molecule has 3 N–H and O–H groups in total. The van der Waals surface area contributed by atoms with Crippen LogP contribution in [-0.2, 0) is 19.3 Å². The van der Waals surface area contributed by atoms with E-state index in [0.717, 1.165) is 0 Å². The molecule has 0 aliphatic carbocycles. The third kappa shape index (κ3) is 5.48. The molecule has 102 valence electrons. The zero-order valence-corrected chi connectivity index (χ0v) is 11.0. The summed E-state index contributed by atoms with van der Waals surface area (Å²) in [6.07, 6.45) is -0.601. The van der Waals surface area contributed by atoms with Gasteiger partial charge in [0.25, 0.3) is 0 Å². The minimum atomic E-state index is -0.536. The number of aliphatic hydroxyl groups is 3. The number of hydrogen-bond acceptors (Lipinski definition) is 6. The van der Waals surface area contributed by atoms with E-state index in [2.05, 4.69) is 15.0 Å². The Kier molecular flexibility index (Phi) is 5.58. The van der Waals surface area contributed by atoms with Gasteiger partial charge in [0.1, 0.15) is 17.5 Å². The second-order valence-corrected chi connectivity index (χ2v) is 4.74. The average molecular weight is 255 g/mol. The maximum absolute atomic E-state index is 9.35. The van der Waals surface area contributed by atoms with Crippen molar-refractivity contribution in [3.05, 3.63) is 17.5 Å². The van der Waals surface area contributed by atoms with E-state index in [0.29, 0.717) is 36.7 Å². The summed E-state index contributed by atoms with van der Waals surface area (Å²) in [5.74, 6) is 1.48. The molecule has 0 saturated heterocycles. The molecule has 6 heteroatoms. The van der Waals surface area contributed by atoms with Crippen molar-refractivity contribution >= 4 is 0 Å². The summed E-state index contributed by atoms with van der Waals surface area (Å²) >= 11 is 0. The highest BCUT2D eigenvalue weighted by Gasteiger charge is 2.12. The quantitative estimate of drug-likeness (QED) is 0.642. The summed E-state index contributed by atoms with van der Waals surface area (Å²) in [7, 11) is 0. The number of rotatable bonds is 6. The zero-order chi connectivity index (χ0) is 13.7. The van der Waals surface area contributed by atoms with Gasteiger partial charge in [0.15, 0.2) is 0 Å². The van der Waals surface area contributed by atoms with Gasteiger partial charge in [-0.3, -0.25) is 0 Å². The molecule has 0 fully saturated rings. The van der Waals surface area contributed by atoms with Crippen LogP contribution >= 0.6 is 0 Å². The monoisotopic (exact) mass is 255 g/mol. The first kappa shape index (κ1) is 14.9. The average Bonchev–Trinajstić information content (AvgIpc) is 2.12. The predicted molar refractivity (Wildman–Crippen MR) is 66.0 cm³/mol. The van der Waals surface area contributed by atoms with Gasteiger partial charge in [-0.1, -0.05) is 0 Å². The van der Waals surface area contributed by atoms with E-state index in [1.165, 1.54) is 0 Å². The molecule has 1 aromatic heterocycles. The van der Waals surface area contributed by atoms with Crippen molar-refractivity contribution in [1.82, 2.24) is 15.0 Å². The lowest BCUT2D eigenvalue weighted by atomic mass is 10.2. The molecule has 0 spiro atoms. The van der Waals surface area contributed by atoms with Crippen molar-refractivity contribution in [2.75, 3.05) is 0 Å². The molecule has 1 rings (SSSR count). The molecule has 1 heterocycles. The number of aliphatic hydroxyl groups excluding tert-OH is 3. The fourth-order valence-corrected chi connectivity index (χ4v) is 1.59. The largest absolute Gasteiger partial charge is 0.393 e. The summed E-state index contributed by atoms with van der Waals surface area (Å²) in [4.78, 5) is 12.6. The minimum absolute atomic E-state index is 0.335. The molecular formula is C12H21N3O3. The second kappa shape index (κ2) is 6.72. The zero-order valence-electron chi connectivity index (χ0n) is 11.0. The molecule has 3 unspecified atom stereocenters. The van der Waals surface area contributed by atoms with Crippen molar-refractivity contribution in [3.63, 3.8) is 0 Å². The first-order valence-corrected chi connectivity index (χ1v) is 6.13. The Morgan fingerprint density at radius 1 is 0.667 bits per heavy atom. The molecule has 0 bridgehead atoms. The van der Waals surface area contributed by atoms with Crippen LogP contribution in [0.15, 0.2) is 0 Å². The van der Waals surface area contributed by atoms with E-state index < -0.39 is 18.3 Å². The van der Waals surface area contributed by atoms with Crippen LogP contribution in [0.4, 0.5) is 0 Å². The van der Waals surface area contributed by atoms with E-state index in [1.54, 1.807) is 20.8 Å². The number of hydrogen-bond donors (Lipinski definition) is 3. The molecule has 0 aliphatic heterocycles. The van der Waals surface area contributed by atoms with Crippen LogP contribution < -0.4 is 0 Å². The Morgan fingerprint density at radius 2 is 0.889 bits per heavy atom. The Hall–Kier alpha value is -1.11. The molecule has 3 atom stereocenters. The Bertz CT molecular complexity index is 311. The van der Waals surface area contributed by atoms with Crippen LogP contribution in [0.5, 0.6) is 0 Å². The summed E-state index contributed by atoms with van der Waals surface area (Å²) in [5.41, 5.74) is 0. The van der Waals surface area contributed by atoms with Crippen LogP contribution in [0.2, 0.25) is 0 Å². The van der Waals surface area contributed by atoms with Gasteiger partial charge in [-0.2, -0.15) is 0 Å². The van der Waals surface area contributed by atoms with Crippen molar-refractivity contribution < 1.29 is 15.3 Å². The molecule has 6 nitrogen and oxygen atoms in total. The van der Waals surface area contributed by atoms with Gasteiger partial charge >= 0.3 is 0 Å². The van der Waals surface area contributed by atoms with E-state index in [-0.39, 0.29) is 0 Å². The number of aromatic nitrogens is 3. The normalized spacial score (nSPS) is 16.3. The first-order chi connectivity index (χ1) is 8.36. The Morgan fingerprint density at radius 3 is 1.06 bits per heavy atom. The van der Waals surface area contributed by atoms with Crippen LogP contribution in [-0.4, -0.2) is 48.6 Å². The van der Waals surface area contributed by atoms with Crippen molar-refractivity contribution in [2.45, 2.75) is 58.3 Å². The molecule has 0 radical (unpaired) electrons. The van der Waals surface area contributed by atoms with E-state index in [9.17, 15) is 15.3 Å². The Balaban J connectivity index is 2.95. The lowest BCUT2D eigenvalue weighted by Gasteiger charge is -2.10. The van der Waals surface area contributed by atoms with Crippen LogP contribution in [0.1, 0.15) is 38.2 Å². The highest BCUT2D eigenvalue weighted by molar-refractivity contribution is 5.00. The van der Waals surface area contributed by atoms with Gasteiger partial charge in [0.2, 0.25) is 0 Å². The van der Waals surface area contributed by atoms with Gasteiger partial charge in [-0.15, -0.1) is 0 Å². The molecule has 0 amide bonds. The maximum atomic E-state index is 9.35. The van der Waals surface area contributed by atoms with Gasteiger partial charge in [0.05, 0.1) is 18.3 Å². The van der Waals surface area contributed by atoms with Crippen molar-refractivity contribution in [1.29, 1.82) is 0 Å². The van der Waals surface area contributed by atoms with Crippen LogP contribution in [0.3, 0.4) is 0 Å². The van der Waals surface area contributed by atoms with Gasteiger partial charge < -0.3 is 15.3 Å². The van der Waals surface area contributed by atoms with E-state index >= 15 is 0 Å². The molecule has 1 aromatic rings. The summed E-state index contributed by atoms with van der Waals surface area (Å²) in [6, 6.07) is 0. The molecule has 0 saturated carbocycles. The lowest BCUT2D eigenvalue weighted by molar-refractivity contribution is 0.186. The summed E-state index contributed by atoms with van der Waals surface area (Å²) in [5, 5.41) is 28.1. The maximum Gasteiger partial charge on any atom is 0.135 e. The molecule has 0 aromatic carbocycles. The Labute approximate surface area is 107 Å². The first-order valence-electron chi connectivity index (χ1n) is 6.13. The SMILES string of the molecule is CC(O)Cc1nc(CC(C)O)nc(CC(C)O)n1. The highest BCUT2D eigenvalue weighted by Crippen LogP contribution is 2.05. The standard InChI is InChI=1S/C12H21N3O3/c1-7(16)4-10-13-11(5-8(2)17)15-12(14-10)6-9(3)18/h7-9,16-18H,4-6H2,1-3H3. The fourth-order valence-electron chi connectivity index (χ4n) is 1.59. The van der Waals surface area contributed by atoms with Crippen LogP contribution in [0, 0.1) is 0 Å². The third-order valence-electron chi connectivity index (χ3n) is 2.21. The summed E-state index contributed by atoms with van der Waals surface area (Å²) < 4.78 is 0.